The highest BCUT2D eigenvalue weighted by molar-refractivity contribution is 5.23. The van der Waals surface area contributed by atoms with Gasteiger partial charge in [0, 0.05) is 11.8 Å². The summed E-state index contributed by atoms with van der Waals surface area (Å²) < 4.78 is 0. The van der Waals surface area contributed by atoms with Crippen LogP contribution in [-0.4, -0.2) is 32.6 Å². The summed E-state index contributed by atoms with van der Waals surface area (Å²) in [5.41, 5.74) is 0. The zero-order valence-electron chi connectivity index (χ0n) is 9.27. The van der Waals surface area contributed by atoms with Gasteiger partial charge < -0.3 is 20.4 Å². The SMILES string of the molecule is OC1=CC=CC(O)C1CC1C(O)=CC=CC1O. The summed E-state index contributed by atoms with van der Waals surface area (Å²) in [4.78, 5) is 0. The Morgan fingerprint density at radius 2 is 1.24 bits per heavy atom. The minimum Gasteiger partial charge on any atom is -0.512 e. The van der Waals surface area contributed by atoms with E-state index in [1.54, 1.807) is 24.3 Å². The lowest BCUT2D eigenvalue weighted by Gasteiger charge is -2.29. The highest BCUT2D eigenvalue weighted by atomic mass is 16.3. The zero-order chi connectivity index (χ0) is 12.4. The van der Waals surface area contributed by atoms with Crippen molar-refractivity contribution < 1.29 is 20.4 Å². The number of hydrogen-bond acceptors (Lipinski definition) is 4. The van der Waals surface area contributed by atoms with Crippen LogP contribution >= 0.6 is 0 Å². The van der Waals surface area contributed by atoms with Crippen molar-refractivity contribution in [2.45, 2.75) is 18.6 Å². The number of hydrogen-bond donors (Lipinski definition) is 4. The van der Waals surface area contributed by atoms with Gasteiger partial charge in [0.2, 0.25) is 0 Å². The molecule has 0 amide bonds. The predicted molar refractivity (Wildman–Crippen MR) is 63.3 cm³/mol. The molecular weight excluding hydrogens is 220 g/mol. The lowest BCUT2D eigenvalue weighted by molar-refractivity contribution is 0.0807. The van der Waals surface area contributed by atoms with Crippen LogP contribution in [0.15, 0.2) is 48.0 Å². The van der Waals surface area contributed by atoms with E-state index in [2.05, 4.69) is 0 Å². The molecule has 0 aliphatic heterocycles. The Kier molecular flexibility index (Phi) is 3.36. The summed E-state index contributed by atoms with van der Waals surface area (Å²) in [5, 5.41) is 38.9. The molecular formula is C13H16O4. The Labute approximate surface area is 99.5 Å². The van der Waals surface area contributed by atoms with E-state index >= 15 is 0 Å². The number of aliphatic hydroxyl groups excluding tert-OH is 4. The second-order valence-electron chi connectivity index (χ2n) is 4.38. The van der Waals surface area contributed by atoms with Gasteiger partial charge in [0.25, 0.3) is 0 Å². The van der Waals surface area contributed by atoms with E-state index in [0.29, 0.717) is 6.42 Å². The van der Waals surface area contributed by atoms with Gasteiger partial charge in [-0.15, -0.1) is 0 Å². The third-order valence-corrected chi connectivity index (χ3v) is 3.24. The van der Waals surface area contributed by atoms with Crippen LogP contribution in [0.3, 0.4) is 0 Å². The molecule has 4 unspecified atom stereocenters. The van der Waals surface area contributed by atoms with Crippen LogP contribution in [-0.2, 0) is 0 Å². The fourth-order valence-electron chi connectivity index (χ4n) is 2.20. The Hall–Kier alpha value is -1.52. The van der Waals surface area contributed by atoms with Gasteiger partial charge in [-0.2, -0.15) is 0 Å². The average Bonchev–Trinajstić information content (AvgIpc) is 2.27. The van der Waals surface area contributed by atoms with Crippen LogP contribution in [0.4, 0.5) is 0 Å². The van der Waals surface area contributed by atoms with E-state index in [-0.39, 0.29) is 11.5 Å². The van der Waals surface area contributed by atoms with Crippen LogP contribution in [0, 0.1) is 11.8 Å². The molecule has 0 heterocycles. The maximum Gasteiger partial charge on any atom is 0.0982 e. The summed E-state index contributed by atoms with van der Waals surface area (Å²) in [6, 6.07) is 0. The van der Waals surface area contributed by atoms with Gasteiger partial charge >= 0.3 is 0 Å². The van der Waals surface area contributed by atoms with Gasteiger partial charge in [-0.3, -0.25) is 0 Å². The van der Waals surface area contributed by atoms with Crippen molar-refractivity contribution in [3.05, 3.63) is 48.0 Å². The monoisotopic (exact) mass is 236 g/mol. The molecule has 2 aliphatic carbocycles. The normalized spacial score (nSPS) is 36.6. The molecule has 0 spiro atoms. The Balaban J connectivity index is 2.11. The predicted octanol–water partition coefficient (Wildman–Crippen LogP) is 1.35. The third kappa shape index (κ3) is 2.43. The largest absolute Gasteiger partial charge is 0.512 e. The number of rotatable bonds is 2. The molecule has 0 radical (unpaired) electrons. The zero-order valence-corrected chi connectivity index (χ0v) is 9.27. The van der Waals surface area contributed by atoms with Crippen molar-refractivity contribution in [1.82, 2.24) is 0 Å². The first kappa shape index (κ1) is 12.0. The Morgan fingerprint density at radius 1 is 0.824 bits per heavy atom. The van der Waals surface area contributed by atoms with Crippen molar-refractivity contribution in [3.63, 3.8) is 0 Å². The Morgan fingerprint density at radius 3 is 1.59 bits per heavy atom. The summed E-state index contributed by atoms with van der Waals surface area (Å²) >= 11 is 0. The molecule has 4 nitrogen and oxygen atoms in total. The lowest BCUT2D eigenvalue weighted by atomic mass is 9.81. The van der Waals surface area contributed by atoms with Gasteiger partial charge in [0.05, 0.1) is 23.7 Å². The van der Waals surface area contributed by atoms with Gasteiger partial charge in [-0.25, -0.2) is 0 Å². The molecule has 17 heavy (non-hydrogen) atoms. The van der Waals surface area contributed by atoms with Crippen molar-refractivity contribution in [2.75, 3.05) is 0 Å². The molecule has 0 fully saturated rings. The lowest BCUT2D eigenvalue weighted by Crippen LogP contribution is -2.31. The second kappa shape index (κ2) is 4.77. The first-order valence-electron chi connectivity index (χ1n) is 5.60. The summed E-state index contributed by atoms with van der Waals surface area (Å²) in [7, 11) is 0. The van der Waals surface area contributed by atoms with Crippen LogP contribution in [0.1, 0.15) is 6.42 Å². The molecule has 4 heteroatoms. The quantitative estimate of drug-likeness (QED) is 0.583. The standard InChI is InChI=1S/C13H16O4/c14-10-3-1-4-11(15)8(10)7-9-12(16)5-2-6-13(9)17/h1-6,8-10,12,14-17H,7H2. The van der Waals surface area contributed by atoms with Gasteiger partial charge in [-0.05, 0) is 18.6 Å². The third-order valence-electron chi connectivity index (χ3n) is 3.24. The molecule has 0 bridgehead atoms. The summed E-state index contributed by atoms with van der Waals surface area (Å²) in [5.74, 6) is -0.812. The number of allylic oxidation sites excluding steroid dienone is 4. The van der Waals surface area contributed by atoms with Crippen molar-refractivity contribution in [3.8, 4) is 0 Å². The molecule has 0 aromatic carbocycles. The molecule has 0 aromatic rings. The van der Waals surface area contributed by atoms with Crippen LogP contribution in [0.2, 0.25) is 0 Å². The summed E-state index contributed by atoms with van der Waals surface area (Å²) in [6.07, 6.45) is 8.09. The van der Waals surface area contributed by atoms with Gasteiger partial charge in [0.1, 0.15) is 0 Å². The maximum absolute atomic E-state index is 9.75. The smallest absolute Gasteiger partial charge is 0.0982 e. The molecule has 2 rings (SSSR count). The van der Waals surface area contributed by atoms with E-state index in [4.69, 9.17) is 0 Å². The van der Waals surface area contributed by atoms with E-state index < -0.39 is 24.0 Å². The van der Waals surface area contributed by atoms with E-state index in [1.165, 1.54) is 12.2 Å². The fourth-order valence-corrected chi connectivity index (χ4v) is 2.20. The van der Waals surface area contributed by atoms with Crippen LogP contribution in [0.25, 0.3) is 0 Å². The van der Waals surface area contributed by atoms with E-state index in [1.807, 2.05) is 0 Å². The first-order chi connectivity index (χ1) is 8.09. The topological polar surface area (TPSA) is 80.9 Å². The van der Waals surface area contributed by atoms with Crippen molar-refractivity contribution >= 4 is 0 Å². The molecule has 0 saturated heterocycles. The van der Waals surface area contributed by atoms with E-state index in [0.717, 1.165) is 0 Å². The highest BCUT2D eigenvalue weighted by Gasteiger charge is 2.32. The molecule has 92 valence electrons. The Bertz CT molecular complexity index is 368. The molecule has 4 N–H and O–H groups in total. The van der Waals surface area contributed by atoms with Crippen LogP contribution < -0.4 is 0 Å². The van der Waals surface area contributed by atoms with Crippen molar-refractivity contribution in [1.29, 1.82) is 0 Å². The van der Waals surface area contributed by atoms with Crippen LogP contribution in [0.5, 0.6) is 0 Å². The van der Waals surface area contributed by atoms with Gasteiger partial charge in [0.15, 0.2) is 0 Å². The fraction of sp³-hybridized carbons (Fsp3) is 0.385. The van der Waals surface area contributed by atoms with E-state index in [9.17, 15) is 20.4 Å². The van der Waals surface area contributed by atoms with Gasteiger partial charge in [-0.1, -0.05) is 24.3 Å². The molecule has 4 atom stereocenters. The minimum atomic E-state index is -0.786. The summed E-state index contributed by atoms with van der Waals surface area (Å²) in [6.45, 7) is 0. The molecule has 0 saturated carbocycles. The molecule has 2 aliphatic rings. The molecule has 0 aromatic heterocycles. The average molecular weight is 236 g/mol. The number of aliphatic hydroxyl groups is 4. The minimum absolute atomic E-state index is 0.0783. The first-order valence-corrected chi connectivity index (χ1v) is 5.60. The maximum atomic E-state index is 9.75. The second-order valence-corrected chi connectivity index (χ2v) is 4.38. The van der Waals surface area contributed by atoms with Crippen molar-refractivity contribution in [2.24, 2.45) is 11.8 Å². The highest BCUT2D eigenvalue weighted by Crippen LogP contribution is 2.32.